The third kappa shape index (κ3) is 4.19. The molecule has 1 saturated heterocycles. The highest BCUT2D eigenvalue weighted by atomic mass is 32.2. The van der Waals surface area contributed by atoms with Crippen LogP contribution in [-0.2, 0) is 9.84 Å². The van der Waals surface area contributed by atoms with Gasteiger partial charge in [-0.15, -0.1) is 0 Å². The summed E-state index contributed by atoms with van der Waals surface area (Å²) < 4.78 is 31.2. The number of carbonyl (C=O) groups is 1. The standard InChI is InChI=1S/C22H22N6O4S/c1-33(30,31)18-4-2-16(3-5-18)28-20-19(13-26-28)21(25-14-24-20)32-17-7-10-27(11-8-17)22(29)15-6-9-23-12-15/h2-6,9,12-14,17,23H,7-8,10-11H2,1H3. The number of H-pyrrole nitrogens is 1. The number of hydrogen-bond acceptors (Lipinski definition) is 7. The molecule has 1 fully saturated rings. The van der Waals surface area contributed by atoms with Gasteiger partial charge in [-0.3, -0.25) is 4.79 Å². The van der Waals surface area contributed by atoms with Crippen LogP contribution in [0.1, 0.15) is 23.2 Å². The lowest BCUT2D eigenvalue weighted by atomic mass is 10.1. The Morgan fingerprint density at radius 2 is 1.88 bits per heavy atom. The van der Waals surface area contributed by atoms with Gasteiger partial charge in [-0.2, -0.15) is 5.10 Å². The first-order valence-electron chi connectivity index (χ1n) is 10.5. The summed E-state index contributed by atoms with van der Waals surface area (Å²) in [6.45, 7) is 1.21. The van der Waals surface area contributed by atoms with E-state index in [0.717, 1.165) is 0 Å². The normalized spacial score (nSPS) is 15.1. The van der Waals surface area contributed by atoms with Crippen molar-refractivity contribution in [2.45, 2.75) is 23.8 Å². The molecule has 10 nitrogen and oxygen atoms in total. The Balaban J connectivity index is 1.31. The number of hydrogen-bond donors (Lipinski definition) is 1. The molecule has 5 rings (SSSR count). The van der Waals surface area contributed by atoms with Crippen LogP contribution in [0.5, 0.6) is 5.88 Å². The molecule has 33 heavy (non-hydrogen) atoms. The zero-order chi connectivity index (χ0) is 23.0. The van der Waals surface area contributed by atoms with Crippen molar-refractivity contribution >= 4 is 26.8 Å². The second kappa shape index (κ2) is 8.32. The first kappa shape index (κ1) is 21.1. The minimum atomic E-state index is -3.28. The zero-order valence-corrected chi connectivity index (χ0v) is 18.7. The predicted octanol–water partition coefficient (Wildman–Crippen LogP) is 2.23. The molecule has 170 valence electrons. The number of aromatic nitrogens is 5. The van der Waals surface area contributed by atoms with Crippen LogP contribution in [0.15, 0.2) is 60.1 Å². The van der Waals surface area contributed by atoms with Crippen LogP contribution in [0.3, 0.4) is 0 Å². The molecule has 0 saturated carbocycles. The number of carbonyl (C=O) groups excluding carboxylic acids is 1. The molecule has 0 spiro atoms. The largest absolute Gasteiger partial charge is 0.474 e. The molecule has 3 aromatic heterocycles. The minimum Gasteiger partial charge on any atom is -0.474 e. The number of piperidine rings is 1. The molecule has 0 aliphatic carbocycles. The third-order valence-electron chi connectivity index (χ3n) is 5.69. The first-order chi connectivity index (χ1) is 15.9. The summed E-state index contributed by atoms with van der Waals surface area (Å²) in [4.78, 5) is 26.1. The van der Waals surface area contributed by atoms with Gasteiger partial charge < -0.3 is 14.6 Å². The summed E-state index contributed by atoms with van der Waals surface area (Å²) in [5.41, 5.74) is 1.90. The van der Waals surface area contributed by atoms with E-state index in [1.165, 1.54) is 12.6 Å². The number of nitrogens with zero attached hydrogens (tertiary/aromatic N) is 5. The molecule has 4 aromatic rings. The van der Waals surface area contributed by atoms with E-state index in [0.29, 0.717) is 54.1 Å². The van der Waals surface area contributed by atoms with Crippen molar-refractivity contribution in [1.29, 1.82) is 0 Å². The Kier molecular flexibility index (Phi) is 5.33. The second-order valence-electron chi connectivity index (χ2n) is 7.95. The predicted molar refractivity (Wildman–Crippen MR) is 120 cm³/mol. The number of fused-ring (bicyclic) bond motifs is 1. The van der Waals surface area contributed by atoms with Gasteiger partial charge in [0.1, 0.15) is 17.8 Å². The Bertz CT molecular complexity index is 1390. The van der Waals surface area contributed by atoms with Gasteiger partial charge in [-0.1, -0.05) is 0 Å². The van der Waals surface area contributed by atoms with E-state index in [2.05, 4.69) is 20.1 Å². The first-order valence-corrected chi connectivity index (χ1v) is 12.4. The lowest BCUT2D eigenvalue weighted by molar-refractivity contribution is 0.0591. The number of nitrogens with one attached hydrogen (secondary N) is 1. The summed E-state index contributed by atoms with van der Waals surface area (Å²) in [6, 6.07) is 8.22. The molecule has 4 heterocycles. The quantitative estimate of drug-likeness (QED) is 0.478. The van der Waals surface area contributed by atoms with E-state index in [-0.39, 0.29) is 16.9 Å². The highest BCUT2D eigenvalue weighted by Crippen LogP contribution is 2.27. The highest BCUT2D eigenvalue weighted by molar-refractivity contribution is 7.90. The third-order valence-corrected chi connectivity index (χ3v) is 6.82. The number of aromatic amines is 1. The molecule has 1 aromatic carbocycles. The number of likely N-dealkylation sites (tertiary alicyclic amines) is 1. The number of sulfone groups is 1. The summed E-state index contributed by atoms with van der Waals surface area (Å²) in [5, 5.41) is 5.07. The number of ether oxygens (including phenoxy) is 1. The van der Waals surface area contributed by atoms with Gasteiger partial charge in [-0.25, -0.2) is 23.1 Å². The Morgan fingerprint density at radius 3 is 2.55 bits per heavy atom. The fourth-order valence-corrected chi connectivity index (χ4v) is 4.54. The molecule has 1 amide bonds. The zero-order valence-electron chi connectivity index (χ0n) is 17.9. The van der Waals surface area contributed by atoms with E-state index < -0.39 is 9.84 Å². The average molecular weight is 467 g/mol. The maximum atomic E-state index is 12.5. The molecular weight excluding hydrogens is 444 g/mol. The van der Waals surface area contributed by atoms with Crippen LogP contribution in [0.2, 0.25) is 0 Å². The molecular formula is C22H22N6O4S. The minimum absolute atomic E-state index is 0.0160. The maximum Gasteiger partial charge on any atom is 0.255 e. The van der Waals surface area contributed by atoms with Crippen LogP contribution in [0.4, 0.5) is 0 Å². The van der Waals surface area contributed by atoms with Crippen molar-refractivity contribution in [3.63, 3.8) is 0 Å². The van der Waals surface area contributed by atoms with Crippen LogP contribution in [0, 0.1) is 0 Å². The monoisotopic (exact) mass is 466 g/mol. The SMILES string of the molecule is CS(=O)(=O)c1ccc(-n2ncc3c(OC4CCN(C(=O)c5cc[nH]c5)CC4)ncnc32)cc1. The molecule has 1 aliphatic rings. The van der Waals surface area contributed by atoms with Gasteiger partial charge in [0.05, 0.1) is 22.3 Å². The smallest absolute Gasteiger partial charge is 0.255 e. The van der Waals surface area contributed by atoms with E-state index in [9.17, 15) is 13.2 Å². The molecule has 1 aliphatic heterocycles. The fourth-order valence-electron chi connectivity index (χ4n) is 3.91. The molecule has 0 bridgehead atoms. The number of amides is 1. The summed E-state index contributed by atoms with van der Waals surface area (Å²) >= 11 is 0. The van der Waals surface area contributed by atoms with Crippen LogP contribution >= 0.6 is 0 Å². The van der Waals surface area contributed by atoms with Crippen molar-refractivity contribution in [3.8, 4) is 11.6 Å². The lowest BCUT2D eigenvalue weighted by Gasteiger charge is -2.31. The van der Waals surface area contributed by atoms with E-state index in [1.807, 2.05) is 4.90 Å². The van der Waals surface area contributed by atoms with Gasteiger partial charge in [0.25, 0.3) is 5.91 Å². The summed E-state index contributed by atoms with van der Waals surface area (Å²) in [6.07, 6.45) is 8.99. The molecule has 0 atom stereocenters. The van der Waals surface area contributed by atoms with Gasteiger partial charge >= 0.3 is 0 Å². The second-order valence-corrected chi connectivity index (χ2v) is 9.96. The van der Waals surface area contributed by atoms with Crippen molar-refractivity contribution in [2.24, 2.45) is 0 Å². The summed E-state index contributed by atoms with van der Waals surface area (Å²) in [7, 11) is -3.28. The van der Waals surface area contributed by atoms with Gasteiger partial charge in [0, 0.05) is 44.6 Å². The number of rotatable bonds is 5. The molecule has 0 radical (unpaired) electrons. The summed E-state index contributed by atoms with van der Waals surface area (Å²) in [5.74, 6) is 0.455. The lowest BCUT2D eigenvalue weighted by Crippen LogP contribution is -2.41. The topological polar surface area (TPSA) is 123 Å². The molecule has 0 unspecified atom stereocenters. The highest BCUT2D eigenvalue weighted by Gasteiger charge is 2.26. The van der Waals surface area contributed by atoms with Gasteiger partial charge in [0.15, 0.2) is 15.5 Å². The van der Waals surface area contributed by atoms with Crippen molar-refractivity contribution in [2.75, 3.05) is 19.3 Å². The molecule has 1 N–H and O–H groups in total. The van der Waals surface area contributed by atoms with E-state index in [1.54, 1.807) is 53.6 Å². The van der Waals surface area contributed by atoms with E-state index in [4.69, 9.17) is 4.74 Å². The Morgan fingerprint density at radius 1 is 1.12 bits per heavy atom. The van der Waals surface area contributed by atoms with Gasteiger partial charge in [0.2, 0.25) is 5.88 Å². The van der Waals surface area contributed by atoms with Crippen molar-refractivity contribution < 1.29 is 17.9 Å². The number of benzene rings is 1. The Hall–Kier alpha value is -3.73. The van der Waals surface area contributed by atoms with Crippen molar-refractivity contribution in [1.82, 2.24) is 29.6 Å². The average Bonchev–Trinajstić information content (AvgIpc) is 3.50. The Labute approximate surface area is 190 Å². The molecule has 11 heteroatoms. The van der Waals surface area contributed by atoms with Crippen LogP contribution in [0.25, 0.3) is 16.7 Å². The fraction of sp³-hybridized carbons (Fsp3) is 0.273. The maximum absolute atomic E-state index is 12.5. The van der Waals surface area contributed by atoms with Crippen molar-refractivity contribution in [3.05, 3.63) is 60.8 Å². The van der Waals surface area contributed by atoms with Crippen LogP contribution in [-0.4, -0.2) is 69.4 Å². The van der Waals surface area contributed by atoms with E-state index >= 15 is 0 Å². The van der Waals surface area contributed by atoms with Crippen LogP contribution < -0.4 is 4.74 Å². The van der Waals surface area contributed by atoms with Gasteiger partial charge in [-0.05, 0) is 30.3 Å².